The number of para-hydroxylation sites is 1. The minimum Gasteiger partial charge on any atom is -0.292 e. The van der Waals surface area contributed by atoms with E-state index in [4.69, 9.17) is 4.84 Å². The van der Waals surface area contributed by atoms with Gasteiger partial charge in [0.15, 0.2) is 5.78 Å². The summed E-state index contributed by atoms with van der Waals surface area (Å²) in [4.78, 5) is 16.3. The molecule has 0 saturated heterocycles. The van der Waals surface area contributed by atoms with E-state index >= 15 is 0 Å². The second kappa shape index (κ2) is 2.60. The van der Waals surface area contributed by atoms with Crippen LogP contribution in [0.1, 0.15) is 10.4 Å². The molecule has 1 aromatic carbocycles. The van der Waals surface area contributed by atoms with Crippen LogP contribution in [0.2, 0.25) is 0 Å². The molecule has 12 heavy (non-hydrogen) atoms. The van der Waals surface area contributed by atoms with Crippen molar-refractivity contribution in [2.45, 2.75) is 0 Å². The van der Waals surface area contributed by atoms with Crippen LogP contribution in [0.15, 0.2) is 24.3 Å². The third-order valence-electron chi connectivity index (χ3n) is 1.98. The molecule has 0 bridgehead atoms. The van der Waals surface area contributed by atoms with Crippen LogP contribution < -0.4 is 5.06 Å². The summed E-state index contributed by atoms with van der Waals surface area (Å²) in [6, 6.07) is 7.44. The van der Waals surface area contributed by atoms with E-state index in [1.807, 2.05) is 24.3 Å². The molecule has 1 aliphatic heterocycles. The number of carbonyl (C=O) groups excluding carboxylic acids is 1. The molecule has 0 aromatic heterocycles. The molecule has 0 spiro atoms. The first-order chi connectivity index (χ1) is 5.83. The molecule has 3 nitrogen and oxygen atoms in total. The molecule has 0 amide bonds. The van der Waals surface area contributed by atoms with Gasteiger partial charge in [-0.2, -0.15) is 0 Å². The van der Waals surface area contributed by atoms with E-state index in [0.29, 0.717) is 6.54 Å². The van der Waals surface area contributed by atoms with Crippen LogP contribution >= 0.6 is 0 Å². The summed E-state index contributed by atoms with van der Waals surface area (Å²) in [6.07, 6.45) is 0. The second-order valence-corrected chi connectivity index (χ2v) is 2.66. The van der Waals surface area contributed by atoms with E-state index < -0.39 is 0 Å². The van der Waals surface area contributed by atoms with E-state index in [1.54, 1.807) is 12.2 Å². The van der Waals surface area contributed by atoms with Gasteiger partial charge in [-0.25, -0.2) is 5.06 Å². The van der Waals surface area contributed by atoms with Crippen molar-refractivity contribution in [3.05, 3.63) is 29.8 Å². The molecule has 0 unspecified atom stereocenters. The first kappa shape index (κ1) is 7.31. The zero-order valence-electron chi connectivity index (χ0n) is 6.78. The lowest BCUT2D eigenvalue weighted by Gasteiger charge is -2.13. The Hall–Kier alpha value is -1.35. The molecule has 0 aliphatic carbocycles. The number of ketones is 1. The smallest absolute Gasteiger partial charge is 0.186 e. The van der Waals surface area contributed by atoms with Gasteiger partial charge in [0.1, 0.15) is 6.54 Å². The van der Waals surface area contributed by atoms with Gasteiger partial charge in [0.25, 0.3) is 0 Å². The average Bonchev–Trinajstić information content (AvgIpc) is 2.44. The highest BCUT2D eigenvalue weighted by Crippen LogP contribution is 2.26. The topological polar surface area (TPSA) is 29.5 Å². The van der Waals surface area contributed by atoms with Crippen LogP contribution in [-0.2, 0) is 4.84 Å². The number of rotatable bonds is 1. The number of fused-ring (bicyclic) bond motifs is 1. The van der Waals surface area contributed by atoms with E-state index in [-0.39, 0.29) is 5.78 Å². The van der Waals surface area contributed by atoms with Gasteiger partial charge < -0.3 is 0 Å². The van der Waals surface area contributed by atoms with Gasteiger partial charge in [-0.1, -0.05) is 12.1 Å². The Morgan fingerprint density at radius 2 is 2.17 bits per heavy atom. The minimum atomic E-state index is 0.118. The number of hydroxylamine groups is 1. The predicted molar refractivity (Wildman–Crippen MR) is 45.1 cm³/mol. The van der Waals surface area contributed by atoms with E-state index in [9.17, 15) is 4.79 Å². The third kappa shape index (κ3) is 0.905. The van der Waals surface area contributed by atoms with Crippen LogP contribution in [-0.4, -0.2) is 19.4 Å². The number of Topliss-reactive ketones (excluding diaryl/α,β-unsaturated/α-hetero) is 1. The van der Waals surface area contributed by atoms with Gasteiger partial charge >= 0.3 is 0 Å². The Morgan fingerprint density at radius 3 is 2.92 bits per heavy atom. The first-order valence-corrected chi connectivity index (χ1v) is 3.77. The summed E-state index contributed by atoms with van der Waals surface area (Å²) in [5, 5.41) is 1.59. The summed E-state index contributed by atoms with van der Waals surface area (Å²) < 4.78 is 0. The van der Waals surface area contributed by atoms with Crippen molar-refractivity contribution in [1.82, 2.24) is 0 Å². The predicted octanol–water partition coefficient (Wildman–Crippen LogP) is 1.25. The monoisotopic (exact) mass is 163 g/mol. The summed E-state index contributed by atoms with van der Waals surface area (Å²) in [6.45, 7) is 0.329. The Morgan fingerprint density at radius 1 is 1.42 bits per heavy atom. The van der Waals surface area contributed by atoms with Crippen LogP contribution in [0.25, 0.3) is 0 Å². The fraction of sp³-hybridized carbons (Fsp3) is 0.222. The number of nitrogens with zero attached hydrogens (tertiary/aromatic N) is 1. The Bertz CT molecular complexity index is 322. The molecule has 62 valence electrons. The molecule has 1 aliphatic rings. The average molecular weight is 163 g/mol. The van der Waals surface area contributed by atoms with Crippen molar-refractivity contribution < 1.29 is 9.63 Å². The molecule has 0 fully saturated rings. The van der Waals surface area contributed by atoms with Crippen LogP contribution in [0.4, 0.5) is 5.69 Å². The molecule has 1 aromatic rings. The molecule has 0 N–H and O–H groups in total. The minimum absolute atomic E-state index is 0.118. The fourth-order valence-corrected chi connectivity index (χ4v) is 1.39. The normalized spacial score (nSPS) is 15.1. The van der Waals surface area contributed by atoms with Crippen LogP contribution in [0.3, 0.4) is 0 Å². The second-order valence-electron chi connectivity index (χ2n) is 2.66. The maximum Gasteiger partial charge on any atom is 0.186 e. The molecule has 0 radical (unpaired) electrons. The highest BCUT2D eigenvalue weighted by Gasteiger charge is 2.25. The number of hydrogen-bond acceptors (Lipinski definition) is 3. The molecule has 3 heteroatoms. The van der Waals surface area contributed by atoms with Gasteiger partial charge in [-0.3, -0.25) is 9.63 Å². The van der Waals surface area contributed by atoms with Gasteiger partial charge in [0.2, 0.25) is 0 Å². The molecular weight excluding hydrogens is 154 g/mol. The zero-order chi connectivity index (χ0) is 8.55. The van der Waals surface area contributed by atoms with Gasteiger partial charge in [0.05, 0.1) is 12.8 Å². The molecule has 0 atom stereocenters. The number of carbonyl (C=O) groups is 1. The maximum atomic E-state index is 11.3. The van der Waals surface area contributed by atoms with Gasteiger partial charge in [-0.05, 0) is 12.1 Å². The SMILES string of the molecule is CON1CC(=O)c2ccccc21. The lowest BCUT2D eigenvalue weighted by atomic mass is 10.1. The van der Waals surface area contributed by atoms with E-state index in [1.165, 1.54) is 0 Å². The van der Waals surface area contributed by atoms with Crippen LogP contribution in [0.5, 0.6) is 0 Å². The highest BCUT2D eigenvalue weighted by molar-refractivity contribution is 6.07. The van der Waals surface area contributed by atoms with E-state index in [2.05, 4.69) is 0 Å². The Kier molecular flexibility index (Phi) is 1.59. The zero-order valence-corrected chi connectivity index (χ0v) is 6.78. The fourth-order valence-electron chi connectivity index (χ4n) is 1.39. The highest BCUT2D eigenvalue weighted by atomic mass is 16.7. The van der Waals surface area contributed by atoms with Crippen molar-refractivity contribution >= 4 is 11.5 Å². The van der Waals surface area contributed by atoms with Gasteiger partial charge in [0, 0.05) is 5.56 Å². The van der Waals surface area contributed by atoms with Crippen LogP contribution in [0, 0.1) is 0 Å². The number of anilines is 1. The van der Waals surface area contributed by atoms with Crippen molar-refractivity contribution in [3.63, 3.8) is 0 Å². The number of hydrogen-bond donors (Lipinski definition) is 0. The Balaban J connectivity index is 2.50. The molecular formula is C9H9NO2. The standard InChI is InChI=1S/C9H9NO2/c1-12-10-6-9(11)7-4-2-3-5-8(7)10/h2-5H,6H2,1H3. The molecule has 1 heterocycles. The summed E-state index contributed by atoms with van der Waals surface area (Å²) in [5.74, 6) is 0.118. The largest absolute Gasteiger partial charge is 0.292 e. The van der Waals surface area contributed by atoms with Crippen molar-refractivity contribution in [1.29, 1.82) is 0 Å². The van der Waals surface area contributed by atoms with Crippen molar-refractivity contribution in [3.8, 4) is 0 Å². The lowest BCUT2D eigenvalue weighted by Crippen LogP contribution is -2.20. The maximum absolute atomic E-state index is 11.3. The summed E-state index contributed by atoms with van der Waals surface area (Å²) >= 11 is 0. The number of benzene rings is 1. The third-order valence-corrected chi connectivity index (χ3v) is 1.98. The molecule has 2 rings (SSSR count). The van der Waals surface area contributed by atoms with E-state index in [0.717, 1.165) is 11.3 Å². The van der Waals surface area contributed by atoms with Crippen molar-refractivity contribution in [2.75, 3.05) is 18.7 Å². The molecule has 0 saturated carbocycles. The summed E-state index contributed by atoms with van der Waals surface area (Å²) in [7, 11) is 1.56. The quantitative estimate of drug-likeness (QED) is 0.624. The Labute approximate surface area is 70.5 Å². The van der Waals surface area contributed by atoms with Crippen molar-refractivity contribution in [2.24, 2.45) is 0 Å². The first-order valence-electron chi connectivity index (χ1n) is 3.77. The van der Waals surface area contributed by atoms with Gasteiger partial charge in [-0.15, -0.1) is 0 Å². The summed E-state index contributed by atoms with van der Waals surface area (Å²) in [5.41, 5.74) is 1.62. The lowest BCUT2D eigenvalue weighted by molar-refractivity contribution is 0.0965.